The number of hydrogen-bond acceptors (Lipinski definition) is 4. The molecule has 3 aromatic rings. The third-order valence-electron chi connectivity index (χ3n) is 4.20. The number of anilines is 1. The molecule has 27 heavy (non-hydrogen) atoms. The third kappa shape index (κ3) is 3.06. The number of carbonyl (C=O) groups is 2. The van der Waals surface area contributed by atoms with Crippen LogP contribution in [0, 0.1) is 0 Å². The van der Waals surface area contributed by atoms with Gasteiger partial charge >= 0.3 is 5.91 Å². The molecule has 0 spiro atoms. The van der Waals surface area contributed by atoms with E-state index in [4.69, 9.17) is 4.74 Å². The van der Waals surface area contributed by atoms with Crippen LogP contribution in [0.3, 0.4) is 0 Å². The first kappa shape index (κ1) is 16.6. The maximum Gasteiger partial charge on any atom is 0.301 e. The van der Waals surface area contributed by atoms with E-state index in [0.29, 0.717) is 22.7 Å². The van der Waals surface area contributed by atoms with Crippen LogP contribution >= 0.6 is 0 Å². The molecule has 1 aliphatic rings. The molecule has 0 atom stereocenters. The lowest BCUT2D eigenvalue weighted by Gasteiger charge is -2.15. The molecule has 1 N–H and O–H groups in total. The topological polar surface area (TPSA) is 66.8 Å². The number of carbonyl (C=O) groups excluding carboxylic acids is 2. The van der Waals surface area contributed by atoms with E-state index in [2.05, 4.69) is 0 Å². The highest BCUT2D eigenvalue weighted by molar-refractivity contribution is 6.44. The van der Waals surface area contributed by atoms with Crippen LogP contribution in [0.4, 0.5) is 5.69 Å². The number of hydrogen-bond donors (Lipinski definition) is 1. The smallest absolute Gasteiger partial charge is 0.301 e. The van der Waals surface area contributed by atoms with Crippen LogP contribution in [0.15, 0.2) is 90.7 Å². The van der Waals surface area contributed by atoms with Gasteiger partial charge in [0.25, 0.3) is 5.91 Å². The van der Waals surface area contributed by atoms with Gasteiger partial charge in [-0.25, -0.2) is 4.90 Å². The van der Waals surface area contributed by atoms with E-state index < -0.39 is 17.6 Å². The molecule has 5 heteroatoms. The van der Waals surface area contributed by atoms with Crippen molar-refractivity contribution < 1.29 is 19.4 Å². The Hall–Kier alpha value is -3.86. The number of aliphatic hydroxyl groups is 1. The summed E-state index contributed by atoms with van der Waals surface area (Å²) in [6, 6.07) is 24.5. The molecule has 0 radical (unpaired) electrons. The zero-order valence-corrected chi connectivity index (χ0v) is 14.2. The van der Waals surface area contributed by atoms with Crippen LogP contribution in [0.1, 0.15) is 5.56 Å². The Kier molecular flexibility index (Phi) is 4.18. The number of amides is 2. The highest BCUT2D eigenvalue weighted by Gasteiger charge is 2.40. The first-order chi connectivity index (χ1) is 13.1. The second-order valence-electron chi connectivity index (χ2n) is 5.94. The molecule has 0 fully saturated rings. The fourth-order valence-electron chi connectivity index (χ4n) is 2.91. The Labute approximate surface area is 155 Å². The summed E-state index contributed by atoms with van der Waals surface area (Å²) in [4.78, 5) is 26.2. The van der Waals surface area contributed by atoms with Crippen molar-refractivity contribution in [3.05, 3.63) is 96.3 Å². The molecule has 1 aliphatic heterocycles. The van der Waals surface area contributed by atoms with Crippen LogP contribution in [0.5, 0.6) is 11.5 Å². The molecule has 0 aromatic heterocycles. The molecule has 3 aromatic carbocycles. The lowest BCUT2D eigenvalue weighted by atomic mass is 10.1. The molecule has 0 aliphatic carbocycles. The first-order valence-electron chi connectivity index (χ1n) is 8.35. The van der Waals surface area contributed by atoms with E-state index in [1.54, 1.807) is 54.6 Å². The number of ether oxygens (including phenoxy) is 1. The Morgan fingerprint density at radius 1 is 0.667 bits per heavy atom. The summed E-state index contributed by atoms with van der Waals surface area (Å²) in [5.74, 6) is -0.583. The number of rotatable bonds is 4. The van der Waals surface area contributed by atoms with Crippen molar-refractivity contribution >= 4 is 23.1 Å². The Morgan fingerprint density at radius 2 is 1.22 bits per heavy atom. The van der Waals surface area contributed by atoms with Crippen molar-refractivity contribution in [2.45, 2.75) is 0 Å². The van der Waals surface area contributed by atoms with Crippen LogP contribution < -0.4 is 9.64 Å². The summed E-state index contributed by atoms with van der Waals surface area (Å²) >= 11 is 0. The van der Waals surface area contributed by atoms with Gasteiger partial charge in [0.05, 0.1) is 11.3 Å². The minimum absolute atomic E-state index is 0.00483. The number of benzene rings is 3. The second-order valence-corrected chi connectivity index (χ2v) is 5.94. The van der Waals surface area contributed by atoms with Crippen molar-refractivity contribution in [2.24, 2.45) is 0 Å². The van der Waals surface area contributed by atoms with Gasteiger partial charge in [-0.2, -0.15) is 0 Å². The standard InChI is InChI=1S/C22H15NO4/c24-20-19(15-7-3-1-4-8-15)21(25)23(22(20)26)16-11-13-18(14-12-16)27-17-9-5-2-6-10-17/h1-14,24H. The number of para-hydroxylation sites is 1. The van der Waals surface area contributed by atoms with E-state index in [9.17, 15) is 14.7 Å². The molecule has 132 valence electrons. The summed E-state index contributed by atoms with van der Waals surface area (Å²) in [6.45, 7) is 0. The molecular formula is C22H15NO4. The second kappa shape index (κ2) is 6.80. The fraction of sp³-hybridized carbons (Fsp3) is 0. The molecule has 0 saturated heterocycles. The van der Waals surface area contributed by atoms with Gasteiger partial charge < -0.3 is 9.84 Å². The van der Waals surface area contributed by atoms with Gasteiger partial charge in [-0.15, -0.1) is 0 Å². The zero-order valence-electron chi connectivity index (χ0n) is 14.2. The SMILES string of the molecule is O=C1C(O)=C(c2ccccc2)C(=O)N1c1ccc(Oc2ccccc2)cc1. The monoisotopic (exact) mass is 357 g/mol. The number of imide groups is 1. The summed E-state index contributed by atoms with van der Waals surface area (Å²) < 4.78 is 5.71. The molecule has 1 heterocycles. The molecule has 0 bridgehead atoms. The normalized spacial score (nSPS) is 14.0. The summed E-state index contributed by atoms with van der Waals surface area (Å²) in [6.07, 6.45) is 0. The van der Waals surface area contributed by atoms with Crippen molar-refractivity contribution in [2.75, 3.05) is 4.90 Å². The lowest BCUT2D eigenvalue weighted by molar-refractivity contribution is -0.121. The van der Waals surface area contributed by atoms with Gasteiger partial charge in [0.15, 0.2) is 5.76 Å². The van der Waals surface area contributed by atoms with E-state index in [1.165, 1.54) is 0 Å². The third-order valence-corrected chi connectivity index (χ3v) is 4.20. The molecule has 0 unspecified atom stereocenters. The minimum Gasteiger partial charge on any atom is -0.502 e. The maximum absolute atomic E-state index is 12.8. The highest BCUT2D eigenvalue weighted by Crippen LogP contribution is 2.33. The van der Waals surface area contributed by atoms with Crippen molar-refractivity contribution in [3.63, 3.8) is 0 Å². The summed E-state index contributed by atoms with van der Waals surface area (Å²) in [5, 5.41) is 10.2. The van der Waals surface area contributed by atoms with Gasteiger partial charge in [-0.1, -0.05) is 48.5 Å². The zero-order chi connectivity index (χ0) is 18.8. The van der Waals surface area contributed by atoms with E-state index in [1.807, 2.05) is 30.3 Å². The Morgan fingerprint density at radius 3 is 1.85 bits per heavy atom. The largest absolute Gasteiger partial charge is 0.502 e. The van der Waals surface area contributed by atoms with Gasteiger partial charge in [0.2, 0.25) is 0 Å². The maximum atomic E-state index is 12.8. The minimum atomic E-state index is -0.740. The van der Waals surface area contributed by atoms with Crippen LogP contribution in [0.25, 0.3) is 5.57 Å². The quantitative estimate of drug-likeness (QED) is 0.706. The van der Waals surface area contributed by atoms with Crippen molar-refractivity contribution in [1.82, 2.24) is 0 Å². The first-order valence-corrected chi connectivity index (χ1v) is 8.35. The van der Waals surface area contributed by atoms with Crippen LogP contribution in [-0.4, -0.2) is 16.9 Å². The van der Waals surface area contributed by atoms with Crippen molar-refractivity contribution in [1.29, 1.82) is 0 Å². The van der Waals surface area contributed by atoms with E-state index in [0.717, 1.165) is 4.90 Å². The lowest BCUT2D eigenvalue weighted by Crippen LogP contribution is -2.31. The summed E-state index contributed by atoms with van der Waals surface area (Å²) in [7, 11) is 0. The average molecular weight is 357 g/mol. The predicted molar refractivity (Wildman–Crippen MR) is 101 cm³/mol. The number of aliphatic hydroxyl groups excluding tert-OH is 1. The molecule has 2 amide bonds. The highest BCUT2D eigenvalue weighted by atomic mass is 16.5. The number of nitrogens with zero attached hydrogens (tertiary/aromatic N) is 1. The van der Waals surface area contributed by atoms with Gasteiger partial charge in [0, 0.05) is 0 Å². The van der Waals surface area contributed by atoms with E-state index in [-0.39, 0.29) is 5.57 Å². The van der Waals surface area contributed by atoms with Gasteiger partial charge in [-0.3, -0.25) is 9.59 Å². The molecular weight excluding hydrogens is 342 g/mol. The molecule has 5 nitrogen and oxygen atoms in total. The van der Waals surface area contributed by atoms with E-state index >= 15 is 0 Å². The summed E-state index contributed by atoms with van der Waals surface area (Å²) in [5.41, 5.74) is 0.869. The van der Waals surface area contributed by atoms with Crippen LogP contribution in [-0.2, 0) is 9.59 Å². The molecule has 0 saturated carbocycles. The Bertz CT molecular complexity index is 1020. The van der Waals surface area contributed by atoms with Gasteiger partial charge in [-0.05, 0) is 42.0 Å². The Balaban J connectivity index is 1.59. The fourth-order valence-corrected chi connectivity index (χ4v) is 2.91. The molecule has 4 rings (SSSR count). The van der Waals surface area contributed by atoms with Gasteiger partial charge in [0.1, 0.15) is 11.5 Å². The van der Waals surface area contributed by atoms with Crippen LogP contribution in [0.2, 0.25) is 0 Å². The average Bonchev–Trinajstić information content (AvgIpc) is 2.93. The predicted octanol–water partition coefficient (Wildman–Crippen LogP) is 4.32. The van der Waals surface area contributed by atoms with Crippen molar-refractivity contribution in [3.8, 4) is 11.5 Å².